The molecule has 3 nitrogen and oxygen atoms in total. The molecule has 1 N–H and O–H groups in total. The summed E-state index contributed by atoms with van der Waals surface area (Å²) in [5.41, 5.74) is 1.21. The number of carbonyl (C=O) groups excluding carboxylic acids is 1. The molecule has 90 valence electrons. The summed E-state index contributed by atoms with van der Waals surface area (Å²) in [5.74, 6) is 0.137. The highest BCUT2D eigenvalue weighted by Gasteiger charge is 2.32. The van der Waals surface area contributed by atoms with Gasteiger partial charge >= 0.3 is 0 Å². The Kier molecular flexibility index (Phi) is 2.81. The normalized spacial score (nSPS) is 29.8. The van der Waals surface area contributed by atoms with Crippen molar-refractivity contribution >= 4 is 17.4 Å². The van der Waals surface area contributed by atoms with Crippen LogP contribution in [0.2, 0.25) is 5.02 Å². The standard InChI is InChI=1S/C13H14ClNO2/c14-11-3-4-17-13(11)12(16)6-8-1-2-9-7-10(5-8)15-9/h3-4,6,9-10,15H,1-2,5,7H2. The molecule has 3 aliphatic rings. The van der Waals surface area contributed by atoms with Gasteiger partial charge in [-0.25, -0.2) is 0 Å². The fourth-order valence-corrected chi connectivity index (χ4v) is 2.81. The quantitative estimate of drug-likeness (QED) is 0.649. The average Bonchev–Trinajstić information content (AvgIpc) is 2.47. The lowest BCUT2D eigenvalue weighted by Crippen LogP contribution is -2.50. The van der Waals surface area contributed by atoms with Gasteiger partial charge in [0.05, 0.1) is 11.3 Å². The Balaban J connectivity index is 1.77. The maximum Gasteiger partial charge on any atom is 0.222 e. The predicted molar refractivity (Wildman–Crippen MR) is 65.3 cm³/mol. The van der Waals surface area contributed by atoms with E-state index in [4.69, 9.17) is 16.0 Å². The van der Waals surface area contributed by atoms with Crippen molar-refractivity contribution in [3.63, 3.8) is 0 Å². The Hall–Kier alpha value is -1.06. The molecule has 4 rings (SSSR count). The second-order valence-electron chi connectivity index (χ2n) is 4.80. The van der Waals surface area contributed by atoms with Crippen LogP contribution in [0.25, 0.3) is 0 Å². The number of hydrogen-bond donors (Lipinski definition) is 1. The number of carbonyl (C=O) groups is 1. The molecule has 0 radical (unpaired) electrons. The largest absolute Gasteiger partial charge is 0.459 e. The molecule has 2 saturated heterocycles. The molecule has 1 aliphatic carbocycles. The number of nitrogens with one attached hydrogen (secondary N) is 1. The molecule has 2 aliphatic heterocycles. The van der Waals surface area contributed by atoms with Gasteiger partial charge in [0.25, 0.3) is 0 Å². The third-order valence-corrected chi connectivity index (χ3v) is 3.84. The Labute approximate surface area is 105 Å². The molecule has 2 bridgehead atoms. The number of hydrogen-bond acceptors (Lipinski definition) is 3. The third kappa shape index (κ3) is 2.17. The molecular formula is C13H14ClNO2. The lowest BCUT2D eigenvalue weighted by Gasteiger charge is -2.34. The summed E-state index contributed by atoms with van der Waals surface area (Å²) in [5, 5.41) is 3.88. The summed E-state index contributed by atoms with van der Waals surface area (Å²) < 4.78 is 5.09. The molecule has 0 spiro atoms. The summed E-state index contributed by atoms with van der Waals surface area (Å²) in [4.78, 5) is 12.0. The Morgan fingerprint density at radius 3 is 3.06 bits per heavy atom. The molecule has 1 aromatic rings. The second kappa shape index (κ2) is 4.31. The van der Waals surface area contributed by atoms with Gasteiger partial charge in [-0.05, 0) is 37.8 Å². The van der Waals surface area contributed by atoms with E-state index in [9.17, 15) is 4.79 Å². The molecular weight excluding hydrogens is 238 g/mol. The molecule has 2 atom stereocenters. The third-order valence-electron chi connectivity index (χ3n) is 3.54. The minimum atomic E-state index is -0.117. The Morgan fingerprint density at radius 1 is 1.53 bits per heavy atom. The van der Waals surface area contributed by atoms with E-state index < -0.39 is 0 Å². The van der Waals surface area contributed by atoms with Gasteiger partial charge in [0.2, 0.25) is 5.78 Å². The SMILES string of the molecule is O=C(C=C1CCC2CC(C1)N2)c1occc1Cl. The van der Waals surface area contributed by atoms with Gasteiger partial charge in [0.15, 0.2) is 5.76 Å². The molecule has 1 saturated carbocycles. The van der Waals surface area contributed by atoms with Crippen LogP contribution in [-0.4, -0.2) is 17.9 Å². The van der Waals surface area contributed by atoms with Crippen molar-refractivity contribution in [2.75, 3.05) is 0 Å². The molecule has 4 heteroatoms. The number of halogens is 1. The maximum absolute atomic E-state index is 12.0. The van der Waals surface area contributed by atoms with Gasteiger partial charge < -0.3 is 9.73 Å². The molecule has 1 aromatic heterocycles. The zero-order chi connectivity index (χ0) is 11.8. The number of furan rings is 1. The lowest BCUT2D eigenvalue weighted by atomic mass is 9.95. The van der Waals surface area contributed by atoms with Crippen LogP contribution in [0.1, 0.15) is 36.2 Å². The van der Waals surface area contributed by atoms with Crippen molar-refractivity contribution in [2.45, 2.75) is 37.8 Å². The molecule has 3 fully saturated rings. The summed E-state index contributed by atoms with van der Waals surface area (Å²) in [6.45, 7) is 0. The van der Waals surface area contributed by atoms with Gasteiger partial charge in [-0.3, -0.25) is 4.79 Å². The first-order valence-electron chi connectivity index (χ1n) is 5.95. The fourth-order valence-electron chi connectivity index (χ4n) is 2.63. The highest BCUT2D eigenvalue weighted by atomic mass is 35.5. The topological polar surface area (TPSA) is 42.2 Å². The highest BCUT2D eigenvalue weighted by molar-refractivity contribution is 6.34. The van der Waals surface area contributed by atoms with Crippen LogP contribution >= 0.6 is 11.6 Å². The first kappa shape index (κ1) is 11.1. The monoisotopic (exact) mass is 251 g/mol. The molecule has 2 unspecified atom stereocenters. The predicted octanol–water partition coefficient (Wildman–Crippen LogP) is 2.96. The summed E-state index contributed by atoms with van der Waals surface area (Å²) >= 11 is 5.87. The van der Waals surface area contributed by atoms with Crippen LogP contribution in [0.5, 0.6) is 0 Å². The van der Waals surface area contributed by atoms with Crippen molar-refractivity contribution in [1.29, 1.82) is 0 Å². The van der Waals surface area contributed by atoms with Crippen LogP contribution in [0, 0.1) is 0 Å². The van der Waals surface area contributed by atoms with Crippen LogP contribution in [0.4, 0.5) is 0 Å². The average molecular weight is 252 g/mol. The smallest absolute Gasteiger partial charge is 0.222 e. The maximum atomic E-state index is 12.0. The van der Waals surface area contributed by atoms with E-state index in [1.165, 1.54) is 18.3 Å². The summed E-state index contributed by atoms with van der Waals surface area (Å²) in [6.07, 6.45) is 7.49. The van der Waals surface area contributed by atoms with Crippen molar-refractivity contribution < 1.29 is 9.21 Å². The van der Waals surface area contributed by atoms with E-state index >= 15 is 0 Å². The number of rotatable bonds is 2. The van der Waals surface area contributed by atoms with E-state index in [0.29, 0.717) is 17.1 Å². The highest BCUT2D eigenvalue weighted by Crippen LogP contribution is 2.30. The Bertz CT molecular complexity index is 472. The molecule has 0 amide bonds. The van der Waals surface area contributed by atoms with Crippen LogP contribution < -0.4 is 5.32 Å². The van der Waals surface area contributed by atoms with E-state index in [-0.39, 0.29) is 11.5 Å². The van der Waals surface area contributed by atoms with Gasteiger partial charge in [-0.2, -0.15) is 0 Å². The zero-order valence-electron chi connectivity index (χ0n) is 9.41. The van der Waals surface area contributed by atoms with Crippen LogP contribution in [0.3, 0.4) is 0 Å². The zero-order valence-corrected chi connectivity index (χ0v) is 10.2. The van der Waals surface area contributed by atoms with Gasteiger partial charge in [-0.15, -0.1) is 0 Å². The van der Waals surface area contributed by atoms with Crippen LogP contribution in [-0.2, 0) is 0 Å². The summed E-state index contributed by atoms with van der Waals surface area (Å²) in [7, 11) is 0. The molecule has 0 aromatic carbocycles. The van der Waals surface area contributed by atoms with Gasteiger partial charge in [0, 0.05) is 12.1 Å². The fraction of sp³-hybridized carbons (Fsp3) is 0.462. The minimum absolute atomic E-state index is 0.117. The second-order valence-corrected chi connectivity index (χ2v) is 5.21. The number of allylic oxidation sites excluding steroid dienone is 1. The van der Waals surface area contributed by atoms with Gasteiger partial charge in [-0.1, -0.05) is 17.2 Å². The van der Waals surface area contributed by atoms with E-state index in [1.54, 1.807) is 12.1 Å². The van der Waals surface area contributed by atoms with E-state index in [0.717, 1.165) is 19.3 Å². The molecule has 3 heterocycles. The Morgan fingerprint density at radius 2 is 2.35 bits per heavy atom. The van der Waals surface area contributed by atoms with Gasteiger partial charge in [0.1, 0.15) is 0 Å². The first-order chi connectivity index (χ1) is 8.22. The first-order valence-corrected chi connectivity index (χ1v) is 6.33. The number of fused-ring (bicyclic) bond motifs is 3. The van der Waals surface area contributed by atoms with Crippen molar-refractivity contribution in [3.05, 3.63) is 34.8 Å². The number of ketones is 1. The van der Waals surface area contributed by atoms with Crippen molar-refractivity contribution in [3.8, 4) is 0 Å². The van der Waals surface area contributed by atoms with E-state index in [1.807, 2.05) is 0 Å². The van der Waals surface area contributed by atoms with Crippen molar-refractivity contribution in [2.24, 2.45) is 0 Å². The summed E-state index contributed by atoms with van der Waals surface area (Å²) in [6, 6.07) is 2.82. The molecule has 17 heavy (non-hydrogen) atoms. The van der Waals surface area contributed by atoms with E-state index in [2.05, 4.69) is 5.32 Å². The van der Waals surface area contributed by atoms with Crippen molar-refractivity contribution in [1.82, 2.24) is 5.32 Å². The minimum Gasteiger partial charge on any atom is -0.459 e. The lowest BCUT2D eigenvalue weighted by molar-refractivity contribution is 0.102. The van der Waals surface area contributed by atoms with Crippen LogP contribution in [0.15, 0.2) is 28.4 Å².